The first-order valence-corrected chi connectivity index (χ1v) is 19.4. The van der Waals surface area contributed by atoms with E-state index in [4.69, 9.17) is 46.8 Å². The molecule has 7 aromatic rings. The van der Waals surface area contributed by atoms with Crippen molar-refractivity contribution in [1.82, 2.24) is 19.1 Å². The van der Waals surface area contributed by atoms with Gasteiger partial charge in [-0.3, -0.25) is 4.18 Å². The Bertz CT molecular complexity index is 2640. The summed E-state index contributed by atoms with van der Waals surface area (Å²) in [7, 11) is -3.93. The van der Waals surface area contributed by atoms with E-state index in [1.807, 2.05) is 66.9 Å². The minimum absolute atomic E-state index is 0.0443. The van der Waals surface area contributed by atoms with Gasteiger partial charge < -0.3 is 18.6 Å². The number of rotatable bonds is 4. The zero-order valence-electron chi connectivity index (χ0n) is 29.5. The maximum absolute atomic E-state index is 12.7. The number of hydrogen-bond donors (Lipinski definition) is 0. The van der Waals surface area contributed by atoms with Gasteiger partial charge in [0.25, 0.3) is 10.1 Å². The summed E-state index contributed by atoms with van der Waals surface area (Å²) in [5.74, 6) is 2.87. The zero-order chi connectivity index (χ0) is 37.0. The van der Waals surface area contributed by atoms with Gasteiger partial charge in [0.05, 0.1) is 61.2 Å². The van der Waals surface area contributed by atoms with Crippen LogP contribution in [0.1, 0.15) is 23.6 Å². The summed E-state index contributed by atoms with van der Waals surface area (Å²) in [6, 6.07) is 30.1. The molecular formula is C41H36Cl2N4O5S. The Hall–Kier alpha value is -4.87. The highest BCUT2D eigenvalue weighted by Gasteiger charge is 2.29. The van der Waals surface area contributed by atoms with Crippen LogP contribution in [0.25, 0.3) is 44.8 Å². The van der Waals surface area contributed by atoms with Crippen molar-refractivity contribution in [2.24, 2.45) is 0 Å². The fourth-order valence-corrected chi connectivity index (χ4v) is 8.27. The second kappa shape index (κ2) is 13.8. The molecule has 0 fully saturated rings. The average Bonchev–Trinajstić information content (AvgIpc) is 3.59. The molecule has 9 rings (SSSR count). The number of aryl methyl sites for hydroxylation is 3. The Morgan fingerprint density at radius 2 is 1.21 bits per heavy atom. The van der Waals surface area contributed by atoms with Gasteiger partial charge in [-0.2, -0.15) is 8.42 Å². The largest absolute Gasteiger partial charge is 0.487 e. The maximum Gasteiger partial charge on any atom is 0.297 e. The molecule has 9 nitrogen and oxygen atoms in total. The number of halogens is 2. The molecule has 2 aliphatic heterocycles. The van der Waals surface area contributed by atoms with Crippen LogP contribution >= 0.6 is 23.2 Å². The molecule has 2 aromatic heterocycles. The number of para-hydroxylation sites is 4. The summed E-state index contributed by atoms with van der Waals surface area (Å²) < 4.78 is 47.3. The van der Waals surface area contributed by atoms with Gasteiger partial charge in [0, 0.05) is 0 Å². The van der Waals surface area contributed by atoms with Crippen LogP contribution in [0.2, 0.25) is 10.0 Å². The Kier molecular flexibility index (Phi) is 9.18. The summed E-state index contributed by atoms with van der Waals surface area (Å²) >= 11 is 12.8. The van der Waals surface area contributed by atoms with E-state index in [1.165, 1.54) is 17.7 Å². The standard InChI is InChI=1S/C24H21ClN2O4S.C17H15ClN2O/c1-15-9-11-18(12-10-15)32(28,29)30-14-17-13-27-21-8-3-5-16(2)22(21)26-24(27)19-6-4-7-20(25)23(19)31-17;1-10-5-3-8-14-15(10)19-17-12-6-4-7-13(18)16(12)21-11(2)9-20(14)17/h3-12,17H,13-14H2,1-2H3;3-8,11H,9H2,1-2H3. The van der Waals surface area contributed by atoms with Crippen molar-refractivity contribution in [2.45, 2.75) is 57.9 Å². The monoisotopic (exact) mass is 766 g/mol. The Labute approximate surface area is 317 Å². The summed E-state index contributed by atoms with van der Waals surface area (Å²) in [5.41, 5.74) is 8.97. The molecule has 0 spiro atoms. The number of ether oxygens (including phenoxy) is 2. The third-order valence-corrected chi connectivity index (χ3v) is 11.4. The zero-order valence-corrected chi connectivity index (χ0v) is 31.8. The first-order chi connectivity index (χ1) is 25.5. The maximum atomic E-state index is 12.7. The van der Waals surface area contributed by atoms with E-state index >= 15 is 0 Å². The van der Waals surface area contributed by atoms with Crippen LogP contribution in [0.15, 0.2) is 102 Å². The van der Waals surface area contributed by atoms with Crippen LogP contribution in [-0.4, -0.2) is 46.3 Å². The van der Waals surface area contributed by atoms with Gasteiger partial charge in [0.1, 0.15) is 42.0 Å². The second-order valence-corrected chi connectivity index (χ2v) is 15.9. The Morgan fingerprint density at radius 3 is 1.77 bits per heavy atom. The van der Waals surface area contributed by atoms with Crippen LogP contribution in [-0.2, 0) is 27.4 Å². The summed E-state index contributed by atoms with van der Waals surface area (Å²) in [4.78, 5) is 9.82. The van der Waals surface area contributed by atoms with Gasteiger partial charge in [0.15, 0.2) is 0 Å². The highest BCUT2D eigenvalue weighted by molar-refractivity contribution is 7.86. The average molecular weight is 768 g/mol. The summed E-state index contributed by atoms with van der Waals surface area (Å²) in [6.45, 7) is 9.03. The van der Waals surface area contributed by atoms with Crippen LogP contribution in [0.4, 0.5) is 0 Å². The molecule has 0 aliphatic carbocycles. The van der Waals surface area contributed by atoms with Gasteiger partial charge >= 0.3 is 0 Å². The van der Waals surface area contributed by atoms with Crippen molar-refractivity contribution in [3.05, 3.63) is 124 Å². The van der Waals surface area contributed by atoms with E-state index < -0.39 is 16.2 Å². The minimum Gasteiger partial charge on any atom is -0.487 e. The molecule has 5 aromatic carbocycles. The van der Waals surface area contributed by atoms with Crippen LogP contribution < -0.4 is 9.47 Å². The highest BCUT2D eigenvalue weighted by Crippen LogP contribution is 2.42. The molecule has 0 radical (unpaired) electrons. The highest BCUT2D eigenvalue weighted by atomic mass is 35.5. The van der Waals surface area contributed by atoms with Crippen molar-refractivity contribution in [1.29, 1.82) is 0 Å². The van der Waals surface area contributed by atoms with Crippen molar-refractivity contribution >= 4 is 55.4 Å². The lowest BCUT2D eigenvalue weighted by Crippen LogP contribution is -2.29. The predicted octanol–water partition coefficient (Wildman–Crippen LogP) is 9.59. The Morgan fingerprint density at radius 1 is 0.698 bits per heavy atom. The molecule has 0 amide bonds. The molecule has 270 valence electrons. The smallest absolute Gasteiger partial charge is 0.297 e. The molecule has 2 aliphatic rings. The van der Waals surface area contributed by atoms with Crippen molar-refractivity contribution in [2.75, 3.05) is 6.61 Å². The van der Waals surface area contributed by atoms with E-state index in [0.29, 0.717) is 22.3 Å². The van der Waals surface area contributed by atoms with Crippen LogP contribution in [0.3, 0.4) is 0 Å². The number of fused-ring (bicyclic) bond motifs is 10. The first kappa shape index (κ1) is 35.2. The number of hydrogen-bond acceptors (Lipinski definition) is 7. The van der Waals surface area contributed by atoms with E-state index in [1.54, 1.807) is 18.2 Å². The fourth-order valence-electron chi connectivity index (χ4n) is 6.89. The van der Waals surface area contributed by atoms with Gasteiger partial charge in [0.2, 0.25) is 0 Å². The minimum atomic E-state index is -3.93. The number of nitrogens with zero attached hydrogens (tertiary/aromatic N) is 4. The molecule has 0 saturated heterocycles. The van der Waals surface area contributed by atoms with E-state index in [9.17, 15) is 8.42 Å². The molecule has 2 unspecified atom stereocenters. The molecule has 53 heavy (non-hydrogen) atoms. The number of aromatic nitrogens is 4. The quantitative estimate of drug-likeness (QED) is 0.165. The molecule has 12 heteroatoms. The van der Waals surface area contributed by atoms with Crippen molar-refractivity contribution in [3.8, 4) is 34.3 Å². The predicted molar refractivity (Wildman–Crippen MR) is 209 cm³/mol. The van der Waals surface area contributed by atoms with Gasteiger partial charge in [-0.05, 0) is 87.4 Å². The number of imidazole rings is 2. The molecule has 2 atom stereocenters. The van der Waals surface area contributed by atoms with Gasteiger partial charge in [-0.1, -0.05) is 77.3 Å². The molecule has 0 N–H and O–H groups in total. The third-order valence-electron chi connectivity index (χ3n) is 9.53. The lowest BCUT2D eigenvalue weighted by atomic mass is 10.2. The molecular weight excluding hydrogens is 731 g/mol. The third kappa shape index (κ3) is 6.54. The van der Waals surface area contributed by atoms with E-state index in [2.05, 4.69) is 36.6 Å². The fraction of sp³-hybridized carbons (Fsp3) is 0.220. The van der Waals surface area contributed by atoms with Gasteiger partial charge in [-0.25, -0.2) is 9.97 Å². The topological polar surface area (TPSA) is 97.5 Å². The SMILES string of the molecule is Cc1ccc(S(=O)(=O)OCC2Cn3c(nc4c(C)cccc43)-c3cccc(Cl)c3O2)cc1.Cc1cccc2c1nc1n2CC(C)Oc2c(Cl)cccc2-1. The first-order valence-electron chi connectivity index (χ1n) is 17.3. The van der Waals surface area contributed by atoms with Crippen LogP contribution in [0, 0.1) is 20.8 Å². The van der Waals surface area contributed by atoms with Crippen molar-refractivity contribution in [3.63, 3.8) is 0 Å². The molecule has 4 heterocycles. The Balaban J connectivity index is 0.000000164. The summed E-state index contributed by atoms with van der Waals surface area (Å²) in [6.07, 6.45) is -0.546. The lowest BCUT2D eigenvalue weighted by Gasteiger charge is -2.19. The van der Waals surface area contributed by atoms with Crippen LogP contribution in [0.5, 0.6) is 11.5 Å². The normalized spacial score (nSPS) is 16.2. The molecule has 0 bridgehead atoms. The van der Waals surface area contributed by atoms with Gasteiger partial charge in [-0.15, -0.1) is 0 Å². The summed E-state index contributed by atoms with van der Waals surface area (Å²) in [5, 5.41) is 1.07. The second-order valence-electron chi connectivity index (χ2n) is 13.4. The van der Waals surface area contributed by atoms with E-state index in [-0.39, 0.29) is 17.6 Å². The van der Waals surface area contributed by atoms with E-state index in [0.717, 1.165) is 68.3 Å². The molecule has 0 saturated carbocycles. The lowest BCUT2D eigenvalue weighted by molar-refractivity contribution is 0.121. The number of benzene rings is 5. The van der Waals surface area contributed by atoms with Crippen molar-refractivity contribution < 1.29 is 22.1 Å².